The third-order valence-corrected chi connectivity index (χ3v) is 3.53. The molecule has 1 aliphatic rings. The Kier molecular flexibility index (Phi) is 5.26. The Hall–Kier alpha value is -2.50. The summed E-state index contributed by atoms with van der Waals surface area (Å²) in [5.41, 5.74) is 1.12. The van der Waals surface area contributed by atoms with Gasteiger partial charge in [0.1, 0.15) is 24.1 Å². The molecule has 0 bridgehead atoms. The maximum atomic E-state index is 12.3. The first-order valence-corrected chi connectivity index (χ1v) is 7.45. The zero-order valence-corrected chi connectivity index (χ0v) is 13.5. The summed E-state index contributed by atoms with van der Waals surface area (Å²) in [6, 6.07) is 4.42. The van der Waals surface area contributed by atoms with Gasteiger partial charge in [-0.05, 0) is 36.6 Å². The van der Waals surface area contributed by atoms with Crippen LogP contribution in [0.3, 0.4) is 0 Å². The lowest BCUT2D eigenvalue weighted by molar-refractivity contribution is -0.141. The van der Waals surface area contributed by atoms with Crippen molar-refractivity contribution in [2.75, 3.05) is 13.7 Å². The Morgan fingerprint density at radius 3 is 2.74 bits per heavy atom. The molecule has 0 fully saturated rings. The highest BCUT2D eigenvalue weighted by molar-refractivity contribution is 6.00. The van der Waals surface area contributed by atoms with Gasteiger partial charge in [0.2, 0.25) is 0 Å². The van der Waals surface area contributed by atoms with E-state index in [9.17, 15) is 14.7 Å². The number of carbonyl (C=O) groups excluding carboxylic acids is 1. The van der Waals surface area contributed by atoms with Crippen molar-refractivity contribution in [1.82, 2.24) is 5.32 Å². The van der Waals surface area contributed by atoms with E-state index in [1.165, 1.54) is 0 Å². The predicted molar refractivity (Wildman–Crippen MR) is 85.5 cm³/mol. The number of hydrogen-bond acceptors (Lipinski definition) is 4. The summed E-state index contributed by atoms with van der Waals surface area (Å²) in [5, 5.41) is 11.8. The first-order valence-electron chi connectivity index (χ1n) is 7.45. The number of carboxylic acid groups (broad SMARTS) is 1. The van der Waals surface area contributed by atoms with E-state index < -0.39 is 17.9 Å². The standard InChI is InChI=1S/C17H21NO5/c1-10(2)6-14(17(20)21)18-16(19)12-7-11-8-13(22-3)4-5-15(11)23-9-12/h4-5,7-8,10,14H,6,9H2,1-3H3,(H,18,19)(H,20,21)/t14-/m0/s1. The van der Waals surface area contributed by atoms with Crippen LogP contribution in [0.4, 0.5) is 0 Å². The highest BCUT2D eigenvalue weighted by Gasteiger charge is 2.24. The summed E-state index contributed by atoms with van der Waals surface area (Å²) in [4.78, 5) is 23.6. The number of benzene rings is 1. The molecule has 1 aliphatic heterocycles. The summed E-state index contributed by atoms with van der Waals surface area (Å²) in [7, 11) is 1.56. The average molecular weight is 319 g/mol. The Morgan fingerprint density at radius 1 is 1.39 bits per heavy atom. The maximum Gasteiger partial charge on any atom is 0.326 e. The average Bonchev–Trinajstić information content (AvgIpc) is 2.52. The summed E-state index contributed by atoms with van der Waals surface area (Å²) < 4.78 is 10.7. The van der Waals surface area contributed by atoms with Gasteiger partial charge < -0.3 is 19.9 Å². The van der Waals surface area contributed by atoms with Crippen molar-refractivity contribution in [1.29, 1.82) is 0 Å². The quantitative estimate of drug-likeness (QED) is 0.838. The molecule has 6 heteroatoms. The molecular weight excluding hydrogens is 298 g/mol. The normalized spacial score (nSPS) is 14.3. The number of carbonyl (C=O) groups is 2. The molecule has 1 atom stereocenters. The van der Waals surface area contributed by atoms with Gasteiger partial charge in [0, 0.05) is 5.56 Å². The van der Waals surface area contributed by atoms with Crippen molar-refractivity contribution < 1.29 is 24.2 Å². The molecule has 124 valence electrons. The second-order valence-electron chi connectivity index (χ2n) is 5.86. The number of nitrogens with one attached hydrogen (secondary N) is 1. The highest BCUT2D eigenvalue weighted by atomic mass is 16.5. The minimum Gasteiger partial charge on any atom is -0.497 e. The second-order valence-corrected chi connectivity index (χ2v) is 5.86. The number of hydrogen-bond donors (Lipinski definition) is 2. The molecule has 2 N–H and O–H groups in total. The topological polar surface area (TPSA) is 84.9 Å². The fourth-order valence-electron chi connectivity index (χ4n) is 2.36. The van der Waals surface area contributed by atoms with Gasteiger partial charge in [0.05, 0.1) is 12.7 Å². The number of carboxylic acids is 1. The SMILES string of the molecule is COc1ccc2c(c1)C=C(C(=O)N[C@@H](CC(C)C)C(=O)O)CO2. The number of fused-ring (bicyclic) bond motifs is 1. The predicted octanol–water partition coefficient (Wildman–Crippen LogP) is 2.09. The molecule has 0 aromatic heterocycles. The van der Waals surface area contributed by atoms with E-state index in [4.69, 9.17) is 9.47 Å². The van der Waals surface area contributed by atoms with Gasteiger partial charge in [-0.25, -0.2) is 4.79 Å². The first kappa shape index (κ1) is 16.9. The van der Waals surface area contributed by atoms with Crippen LogP contribution in [0, 0.1) is 5.92 Å². The van der Waals surface area contributed by atoms with Crippen molar-refractivity contribution in [2.24, 2.45) is 5.92 Å². The van der Waals surface area contributed by atoms with Gasteiger partial charge in [-0.3, -0.25) is 4.79 Å². The van der Waals surface area contributed by atoms with E-state index in [1.54, 1.807) is 31.4 Å². The molecule has 1 aromatic carbocycles. The number of aliphatic carboxylic acids is 1. The number of methoxy groups -OCH3 is 1. The molecule has 0 radical (unpaired) electrons. The second kappa shape index (κ2) is 7.17. The van der Waals surface area contributed by atoms with Gasteiger partial charge in [-0.15, -0.1) is 0 Å². The van der Waals surface area contributed by atoms with Gasteiger partial charge in [-0.2, -0.15) is 0 Å². The van der Waals surface area contributed by atoms with E-state index in [1.807, 2.05) is 13.8 Å². The summed E-state index contributed by atoms with van der Waals surface area (Å²) in [6.07, 6.45) is 2.07. The Balaban J connectivity index is 2.15. The van der Waals surface area contributed by atoms with Gasteiger partial charge in [-0.1, -0.05) is 13.8 Å². The van der Waals surface area contributed by atoms with Crippen molar-refractivity contribution in [3.8, 4) is 11.5 Å². The molecule has 23 heavy (non-hydrogen) atoms. The van der Waals surface area contributed by atoms with Crippen LogP contribution in [0.5, 0.6) is 11.5 Å². The Labute approximate surface area is 135 Å². The zero-order chi connectivity index (χ0) is 17.0. The lowest BCUT2D eigenvalue weighted by Gasteiger charge is -2.21. The minimum atomic E-state index is -1.04. The van der Waals surface area contributed by atoms with Crippen molar-refractivity contribution in [3.63, 3.8) is 0 Å². The number of ether oxygens (including phenoxy) is 2. The fraction of sp³-hybridized carbons (Fsp3) is 0.412. The smallest absolute Gasteiger partial charge is 0.326 e. The maximum absolute atomic E-state index is 12.3. The summed E-state index contributed by atoms with van der Waals surface area (Å²) in [6.45, 7) is 3.93. The van der Waals surface area contributed by atoms with Crippen LogP contribution in [0.25, 0.3) is 6.08 Å². The lowest BCUT2D eigenvalue weighted by atomic mass is 10.0. The van der Waals surface area contributed by atoms with Crippen LogP contribution in [0.15, 0.2) is 23.8 Å². The molecule has 0 saturated carbocycles. The van der Waals surface area contributed by atoms with Crippen LogP contribution >= 0.6 is 0 Å². The zero-order valence-electron chi connectivity index (χ0n) is 13.5. The molecule has 0 aliphatic carbocycles. The van der Waals surface area contributed by atoms with Crippen LogP contribution in [-0.4, -0.2) is 36.7 Å². The number of rotatable bonds is 6. The first-order chi connectivity index (χ1) is 10.9. The van der Waals surface area contributed by atoms with Gasteiger partial charge in [0.15, 0.2) is 0 Å². The molecular formula is C17H21NO5. The molecule has 1 aromatic rings. The number of amides is 1. The molecule has 0 saturated heterocycles. The van der Waals surface area contributed by atoms with E-state index in [0.29, 0.717) is 23.5 Å². The van der Waals surface area contributed by atoms with Crippen LogP contribution in [0.1, 0.15) is 25.8 Å². The van der Waals surface area contributed by atoms with Crippen LogP contribution in [0.2, 0.25) is 0 Å². The molecule has 2 rings (SSSR count). The Morgan fingerprint density at radius 2 is 2.13 bits per heavy atom. The molecule has 0 spiro atoms. The molecule has 6 nitrogen and oxygen atoms in total. The largest absolute Gasteiger partial charge is 0.497 e. The van der Waals surface area contributed by atoms with Gasteiger partial charge in [0.25, 0.3) is 5.91 Å². The monoisotopic (exact) mass is 319 g/mol. The van der Waals surface area contributed by atoms with Crippen molar-refractivity contribution in [3.05, 3.63) is 29.3 Å². The molecule has 1 amide bonds. The van der Waals surface area contributed by atoms with E-state index in [2.05, 4.69) is 5.32 Å². The summed E-state index contributed by atoms with van der Waals surface area (Å²) >= 11 is 0. The third-order valence-electron chi connectivity index (χ3n) is 3.53. The lowest BCUT2D eigenvalue weighted by Crippen LogP contribution is -2.43. The van der Waals surface area contributed by atoms with E-state index in [0.717, 1.165) is 5.56 Å². The Bertz CT molecular complexity index is 636. The molecule has 1 heterocycles. The van der Waals surface area contributed by atoms with Gasteiger partial charge >= 0.3 is 5.97 Å². The van der Waals surface area contributed by atoms with Crippen molar-refractivity contribution >= 4 is 18.0 Å². The highest BCUT2D eigenvalue weighted by Crippen LogP contribution is 2.30. The van der Waals surface area contributed by atoms with E-state index in [-0.39, 0.29) is 12.5 Å². The third kappa shape index (κ3) is 4.25. The summed E-state index contributed by atoms with van der Waals surface area (Å²) in [5.74, 6) is 0.0312. The molecule has 0 unspecified atom stereocenters. The van der Waals surface area contributed by atoms with Crippen LogP contribution < -0.4 is 14.8 Å². The minimum absolute atomic E-state index is 0.110. The fourth-order valence-corrected chi connectivity index (χ4v) is 2.36. The van der Waals surface area contributed by atoms with E-state index >= 15 is 0 Å². The van der Waals surface area contributed by atoms with Crippen LogP contribution in [-0.2, 0) is 9.59 Å². The van der Waals surface area contributed by atoms with Crippen molar-refractivity contribution in [2.45, 2.75) is 26.3 Å².